The number of nitrogens with one attached hydrogen (secondary N) is 2. The Kier molecular flexibility index (Phi) is 5.27. The predicted molar refractivity (Wildman–Crippen MR) is 88.5 cm³/mol. The molecule has 112 valence electrons. The van der Waals surface area contributed by atoms with E-state index in [0.29, 0.717) is 0 Å². The Morgan fingerprint density at radius 2 is 2.29 bits per heavy atom. The smallest absolute Gasteiger partial charge is 0.166 e. The molecule has 1 heterocycles. The fourth-order valence-corrected chi connectivity index (χ4v) is 3.16. The van der Waals surface area contributed by atoms with Crippen LogP contribution in [0.25, 0.3) is 11.0 Å². The van der Waals surface area contributed by atoms with E-state index in [9.17, 15) is 5.26 Å². The lowest BCUT2D eigenvalue weighted by atomic mass is 9.98. The van der Waals surface area contributed by atoms with Crippen LogP contribution in [0.4, 0.5) is 0 Å². The number of aryl methyl sites for hydroxylation is 1. The van der Waals surface area contributed by atoms with Gasteiger partial charge in [0, 0.05) is 5.75 Å². The molecular formula is C16H22N4S. The first-order chi connectivity index (χ1) is 10.1. The lowest BCUT2D eigenvalue weighted by Gasteiger charge is -2.21. The van der Waals surface area contributed by atoms with Crippen LogP contribution in [0.2, 0.25) is 0 Å². The van der Waals surface area contributed by atoms with Gasteiger partial charge in [-0.1, -0.05) is 24.8 Å². The van der Waals surface area contributed by atoms with Crippen molar-refractivity contribution in [3.63, 3.8) is 0 Å². The van der Waals surface area contributed by atoms with Crippen molar-refractivity contribution in [2.45, 2.75) is 44.3 Å². The van der Waals surface area contributed by atoms with Crippen molar-refractivity contribution in [2.24, 2.45) is 0 Å². The fraction of sp³-hybridized carbons (Fsp3) is 0.500. The van der Waals surface area contributed by atoms with Crippen molar-refractivity contribution < 1.29 is 0 Å². The van der Waals surface area contributed by atoms with Crippen LogP contribution < -0.4 is 5.32 Å². The first-order valence-electron chi connectivity index (χ1n) is 7.32. The number of fused-ring (bicyclic) bond motifs is 1. The molecule has 4 nitrogen and oxygen atoms in total. The minimum absolute atomic E-state index is 0.416. The molecule has 0 aliphatic heterocycles. The van der Waals surface area contributed by atoms with Crippen LogP contribution >= 0.6 is 11.8 Å². The normalized spacial score (nSPS) is 14.0. The van der Waals surface area contributed by atoms with Crippen molar-refractivity contribution in [2.75, 3.05) is 12.3 Å². The Morgan fingerprint density at radius 1 is 1.48 bits per heavy atom. The zero-order valence-electron chi connectivity index (χ0n) is 12.9. The molecule has 1 aromatic carbocycles. The maximum atomic E-state index is 9.22. The van der Waals surface area contributed by atoms with Gasteiger partial charge in [0.1, 0.15) is 5.54 Å². The molecule has 0 saturated carbocycles. The average Bonchev–Trinajstić information content (AvgIpc) is 2.86. The first kappa shape index (κ1) is 15.9. The minimum atomic E-state index is -0.416. The highest BCUT2D eigenvalue weighted by atomic mass is 32.2. The summed E-state index contributed by atoms with van der Waals surface area (Å²) in [6.45, 7) is 6.89. The SMILES string of the molecule is CCNC(C)(C#N)CCCSc1nc2ccc(C)cc2[nH]1. The van der Waals surface area contributed by atoms with Crippen LogP contribution in [0, 0.1) is 18.3 Å². The molecule has 0 saturated heterocycles. The van der Waals surface area contributed by atoms with E-state index in [1.807, 2.05) is 19.9 Å². The van der Waals surface area contributed by atoms with E-state index < -0.39 is 5.54 Å². The molecule has 0 aliphatic rings. The van der Waals surface area contributed by atoms with Gasteiger partial charge in [0.25, 0.3) is 0 Å². The number of hydrogen-bond donors (Lipinski definition) is 2. The van der Waals surface area contributed by atoms with Gasteiger partial charge in [-0.2, -0.15) is 5.26 Å². The molecule has 0 fully saturated rings. The lowest BCUT2D eigenvalue weighted by Crippen LogP contribution is -2.40. The predicted octanol–water partition coefficient (Wildman–Crippen LogP) is 3.64. The maximum Gasteiger partial charge on any atom is 0.166 e. The number of aromatic amines is 1. The molecule has 0 radical (unpaired) electrons. The zero-order chi connectivity index (χ0) is 15.3. The summed E-state index contributed by atoms with van der Waals surface area (Å²) in [5.41, 5.74) is 2.92. The Bertz CT molecular complexity index is 643. The molecule has 0 spiro atoms. The molecule has 1 atom stereocenters. The van der Waals surface area contributed by atoms with E-state index in [1.54, 1.807) is 11.8 Å². The van der Waals surface area contributed by atoms with E-state index in [1.165, 1.54) is 5.56 Å². The number of benzene rings is 1. The van der Waals surface area contributed by atoms with Gasteiger partial charge in [-0.3, -0.25) is 5.32 Å². The Labute approximate surface area is 130 Å². The molecule has 0 amide bonds. The second-order valence-corrected chi connectivity index (χ2v) is 6.57. The van der Waals surface area contributed by atoms with E-state index in [0.717, 1.165) is 41.3 Å². The molecule has 0 bridgehead atoms. The number of imidazole rings is 1. The Hall–Kier alpha value is -1.51. The summed E-state index contributed by atoms with van der Waals surface area (Å²) in [5, 5.41) is 13.4. The third kappa shape index (κ3) is 4.23. The average molecular weight is 302 g/mol. The standard InChI is InChI=1S/C16H22N4S/c1-4-18-16(3,11-17)8-5-9-21-15-19-13-7-6-12(2)10-14(13)20-15/h6-7,10,18H,4-5,8-9H2,1-3H3,(H,19,20). The van der Waals surface area contributed by atoms with Gasteiger partial charge in [-0.15, -0.1) is 0 Å². The van der Waals surface area contributed by atoms with Crippen molar-refractivity contribution in [1.29, 1.82) is 5.26 Å². The minimum Gasteiger partial charge on any atom is -0.333 e. The summed E-state index contributed by atoms with van der Waals surface area (Å²) in [7, 11) is 0. The number of H-pyrrole nitrogens is 1. The molecule has 5 heteroatoms. The molecule has 21 heavy (non-hydrogen) atoms. The first-order valence-corrected chi connectivity index (χ1v) is 8.30. The van der Waals surface area contributed by atoms with Crippen LogP contribution in [0.15, 0.2) is 23.4 Å². The Balaban J connectivity index is 1.86. The van der Waals surface area contributed by atoms with Gasteiger partial charge < -0.3 is 4.98 Å². The highest BCUT2D eigenvalue weighted by Crippen LogP contribution is 2.22. The summed E-state index contributed by atoms with van der Waals surface area (Å²) < 4.78 is 0. The monoisotopic (exact) mass is 302 g/mol. The van der Waals surface area contributed by atoms with Crippen molar-refractivity contribution in [3.05, 3.63) is 23.8 Å². The second kappa shape index (κ2) is 6.97. The lowest BCUT2D eigenvalue weighted by molar-refractivity contribution is 0.426. The highest BCUT2D eigenvalue weighted by Gasteiger charge is 2.21. The summed E-state index contributed by atoms with van der Waals surface area (Å²) in [5.74, 6) is 0.960. The van der Waals surface area contributed by atoms with Gasteiger partial charge in [-0.25, -0.2) is 4.98 Å². The number of aromatic nitrogens is 2. The number of nitrogens with zero attached hydrogens (tertiary/aromatic N) is 2. The van der Waals surface area contributed by atoms with E-state index >= 15 is 0 Å². The molecule has 2 aromatic rings. The number of hydrogen-bond acceptors (Lipinski definition) is 4. The van der Waals surface area contributed by atoms with Crippen LogP contribution in [-0.2, 0) is 0 Å². The van der Waals surface area contributed by atoms with Gasteiger partial charge in [0.2, 0.25) is 0 Å². The van der Waals surface area contributed by atoms with Gasteiger partial charge >= 0.3 is 0 Å². The quantitative estimate of drug-likeness (QED) is 0.605. The van der Waals surface area contributed by atoms with E-state index in [2.05, 4.69) is 40.4 Å². The van der Waals surface area contributed by atoms with Crippen LogP contribution in [0.1, 0.15) is 32.3 Å². The largest absolute Gasteiger partial charge is 0.333 e. The summed E-state index contributed by atoms with van der Waals surface area (Å²) in [4.78, 5) is 7.92. The Morgan fingerprint density at radius 3 is 3.00 bits per heavy atom. The molecule has 0 aliphatic carbocycles. The highest BCUT2D eigenvalue weighted by molar-refractivity contribution is 7.99. The van der Waals surface area contributed by atoms with Crippen LogP contribution in [0.5, 0.6) is 0 Å². The summed E-state index contributed by atoms with van der Waals surface area (Å²) >= 11 is 1.72. The van der Waals surface area contributed by atoms with E-state index in [4.69, 9.17) is 0 Å². The number of thioether (sulfide) groups is 1. The van der Waals surface area contributed by atoms with Crippen molar-refractivity contribution in [1.82, 2.24) is 15.3 Å². The number of rotatable bonds is 7. The topological polar surface area (TPSA) is 64.5 Å². The van der Waals surface area contributed by atoms with E-state index in [-0.39, 0.29) is 0 Å². The third-order valence-electron chi connectivity index (χ3n) is 3.49. The number of nitriles is 1. The van der Waals surface area contributed by atoms with Gasteiger partial charge in [0.15, 0.2) is 5.16 Å². The molecular weight excluding hydrogens is 280 g/mol. The van der Waals surface area contributed by atoms with Crippen molar-refractivity contribution >= 4 is 22.8 Å². The third-order valence-corrected chi connectivity index (χ3v) is 4.45. The van der Waals surface area contributed by atoms with Gasteiger partial charge in [0.05, 0.1) is 17.1 Å². The summed E-state index contributed by atoms with van der Waals surface area (Å²) in [6, 6.07) is 8.60. The van der Waals surface area contributed by atoms with Crippen LogP contribution in [-0.4, -0.2) is 27.8 Å². The second-order valence-electron chi connectivity index (χ2n) is 5.49. The maximum absolute atomic E-state index is 9.22. The fourth-order valence-electron chi connectivity index (χ4n) is 2.34. The zero-order valence-corrected chi connectivity index (χ0v) is 13.7. The molecule has 2 N–H and O–H groups in total. The van der Waals surface area contributed by atoms with Gasteiger partial charge in [-0.05, 0) is 50.9 Å². The summed E-state index contributed by atoms with van der Waals surface area (Å²) in [6.07, 6.45) is 1.83. The molecule has 1 aromatic heterocycles. The molecule has 1 unspecified atom stereocenters. The molecule has 2 rings (SSSR count). The van der Waals surface area contributed by atoms with Crippen LogP contribution in [0.3, 0.4) is 0 Å². The van der Waals surface area contributed by atoms with Crippen molar-refractivity contribution in [3.8, 4) is 6.07 Å².